The molecule has 0 saturated heterocycles. The lowest BCUT2D eigenvalue weighted by atomic mass is 9.70. The van der Waals surface area contributed by atoms with E-state index in [0.29, 0.717) is 13.2 Å². The van der Waals surface area contributed by atoms with Crippen LogP contribution in [-0.4, -0.2) is 33.1 Å². The third kappa shape index (κ3) is 4.35. The maximum absolute atomic E-state index is 6.35. The van der Waals surface area contributed by atoms with Crippen molar-refractivity contribution in [3.8, 4) is 5.75 Å². The molecule has 3 aromatic carbocycles. The first-order valence-corrected chi connectivity index (χ1v) is 9.45. The van der Waals surface area contributed by atoms with E-state index in [9.17, 15) is 0 Å². The fourth-order valence-electron chi connectivity index (χ4n) is 3.16. The topological polar surface area (TPSA) is 40.0 Å². The quantitative estimate of drug-likeness (QED) is 0.653. The summed E-state index contributed by atoms with van der Waals surface area (Å²) >= 11 is 0. The molecule has 0 spiro atoms. The lowest BCUT2D eigenvalue weighted by molar-refractivity contribution is 0.275. The second-order valence-electron chi connectivity index (χ2n) is 6.57. The highest BCUT2D eigenvalue weighted by Gasteiger charge is 2.33. The van der Waals surface area contributed by atoms with Gasteiger partial charge in [-0.2, -0.15) is 0 Å². The van der Waals surface area contributed by atoms with Gasteiger partial charge in [0.2, 0.25) is 0 Å². The average molecular weight is 369 g/mol. The first-order chi connectivity index (χ1) is 13.8. The van der Waals surface area contributed by atoms with Gasteiger partial charge in [0.1, 0.15) is 5.75 Å². The predicted octanol–water partition coefficient (Wildman–Crippen LogP) is 2.71. The van der Waals surface area contributed by atoms with Crippen LogP contribution >= 0.6 is 0 Å². The minimum Gasteiger partial charge on any atom is -0.532 e. The van der Waals surface area contributed by atoms with Crippen molar-refractivity contribution in [2.75, 3.05) is 13.2 Å². The van der Waals surface area contributed by atoms with Crippen LogP contribution in [0, 0.1) is 0 Å². The molecule has 0 amide bonds. The summed E-state index contributed by atoms with van der Waals surface area (Å²) in [6, 6.07) is 27.7. The molecule has 0 aromatic heterocycles. The lowest BCUT2D eigenvalue weighted by Gasteiger charge is -2.21. The predicted molar refractivity (Wildman–Crippen MR) is 115 cm³/mol. The normalized spacial score (nSPS) is 15.1. The van der Waals surface area contributed by atoms with Crippen LogP contribution < -0.4 is 15.6 Å². The number of hydrogen-bond acceptors (Lipinski definition) is 4. The van der Waals surface area contributed by atoms with E-state index in [1.807, 2.05) is 91.9 Å². The van der Waals surface area contributed by atoms with Gasteiger partial charge in [-0.3, -0.25) is 4.99 Å². The zero-order valence-electron chi connectivity index (χ0n) is 15.8. The molecule has 0 aliphatic carbocycles. The summed E-state index contributed by atoms with van der Waals surface area (Å²) in [7, 11) is -1.16. The Bertz CT molecular complexity index is 935. The second kappa shape index (κ2) is 8.91. The Labute approximate surface area is 166 Å². The van der Waals surface area contributed by atoms with Crippen molar-refractivity contribution in [3.05, 3.63) is 90.5 Å². The van der Waals surface area contributed by atoms with Gasteiger partial charge in [-0.25, -0.2) is 0 Å². The van der Waals surface area contributed by atoms with Gasteiger partial charge in [-0.1, -0.05) is 72.8 Å². The van der Waals surface area contributed by atoms with Crippen molar-refractivity contribution in [2.24, 2.45) is 4.99 Å². The number of aliphatic imine (C=N–C) groups is 1. The third-order valence-electron chi connectivity index (χ3n) is 4.61. The molecule has 1 aliphatic rings. The molecule has 0 unspecified atom stereocenters. The van der Waals surface area contributed by atoms with Crippen molar-refractivity contribution in [3.63, 3.8) is 0 Å². The number of nitrogens with zero attached hydrogens (tertiary/aromatic N) is 1. The van der Waals surface area contributed by atoms with Crippen molar-refractivity contribution >= 4 is 30.9 Å². The van der Waals surface area contributed by atoms with Crippen molar-refractivity contribution in [1.82, 2.24) is 0 Å². The summed E-state index contributed by atoms with van der Waals surface area (Å²) in [5.74, 6) is 0.742. The van der Waals surface area contributed by atoms with Gasteiger partial charge in [-0.15, -0.1) is 0 Å². The first kappa shape index (κ1) is 18.5. The van der Waals surface area contributed by atoms with Gasteiger partial charge in [0.25, 0.3) is 0 Å². The van der Waals surface area contributed by atoms with Crippen LogP contribution in [0.5, 0.6) is 5.75 Å². The third-order valence-corrected chi connectivity index (χ3v) is 4.61. The summed E-state index contributed by atoms with van der Waals surface area (Å²) in [5.41, 5.74) is 3.75. The molecule has 0 fully saturated rings. The standard InChI is InChI=1S/C22H21B2NO3/c1-18-21-14-8-9-15-22(21)27-24(20-12-6-3-7-13-20)28-23(26-17-16-25-18)19-10-4-2-5-11-19/h2-15H,16-17H2,1H3. The summed E-state index contributed by atoms with van der Waals surface area (Å²) in [4.78, 5) is 4.65. The number of benzene rings is 3. The Morgan fingerprint density at radius 3 is 2.07 bits per heavy atom. The van der Waals surface area contributed by atoms with Crippen LogP contribution in [0.3, 0.4) is 0 Å². The Kier molecular flexibility index (Phi) is 5.90. The fraction of sp³-hybridized carbons (Fsp3) is 0.136. The van der Waals surface area contributed by atoms with Crippen LogP contribution in [0.4, 0.5) is 0 Å². The molecule has 1 aliphatic heterocycles. The van der Waals surface area contributed by atoms with Crippen LogP contribution in [0.1, 0.15) is 12.5 Å². The van der Waals surface area contributed by atoms with Crippen LogP contribution in [-0.2, 0) is 9.23 Å². The van der Waals surface area contributed by atoms with E-state index < -0.39 is 14.2 Å². The zero-order chi connectivity index (χ0) is 19.2. The van der Waals surface area contributed by atoms with Crippen LogP contribution in [0.15, 0.2) is 89.9 Å². The first-order valence-electron chi connectivity index (χ1n) is 9.45. The summed E-state index contributed by atoms with van der Waals surface area (Å²) < 4.78 is 18.8. The van der Waals surface area contributed by atoms with Crippen LogP contribution in [0.25, 0.3) is 0 Å². The Morgan fingerprint density at radius 2 is 1.36 bits per heavy atom. The molecule has 3 aromatic rings. The molecule has 4 nitrogen and oxygen atoms in total. The Hall–Kier alpha value is -2.82. The number of para-hydroxylation sites is 1. The molecular weight excluding hydrogens is 348 g/mol. The van der Waals surface area contributed by atoms with Gasteiger partial charge < -0.3 is 13.9 Å². The van der Waals surface area contributed by atoms with Crippen molar-refractivity contribution in [1.29, 1.82) is 0 Å². The molecule has 28 heavy (non-hydrogen) atoms. The van der Waals surface area contributed by atoms with Gasteiger partial charge in [0.05, 0.1) is 13.2 Å². The summed E-state index contributed by atoms with van der Waals surface area (Å²) in [5, 5.41) is 0. The van der Waals surface area contributed by atoms with Gasteiger partial charge in [0, 0.05) is 11.3 Å². The van der Waals surface area contributed by atoms with Crippen LogP contribution in [0.2, 0.25) is 0 Å². The molecule has 0 radical (unpaired) electrons. The maximum atomic E-state index is 6.35. The Morgan fingerprint density at radius 1 is 0.750 bits per heavy atom. The van der Waals surface area contributed by atoms with E-state index >= 15 is 0 Å². The summed E-state index contributed by atoms with van der Waals surface area (Å²) in [6.07, 6.45) is 0. The molecule has 0 N–H and O–H groups in total. The molecule has 0 bridgehead atoms. The molecule has 4 rings (SSSR count). The summed E-state index contributed by atoms with van der Waals surface area (Å²) in [6.45, 7) is 3.01. The average Bonchev–Trinajstić information content (AvgIpc) is 2.79. The van der Waals surface area contributed by atoms with Gasteiger partial charge in [0.15, 0.2) is 0 Å². The highest BCUT2D eigenvalue weighted by Crippen LogP contribution is 2.21. The Balaban J connectivity index is 1.74. The minimum atomic E-state index is -0.613. The molecule has 6 heteroatoms. The number of hydrogen-bond donors (Lipinski definition) is 0. The molecular formula is C22H21B2NO3. The van der Waals surface area contributed by atoms with E-state index in [-0.39, 0.29) is 0 Å². The molecule has 138 valence electrons. The van der Waals surface area contributed by atoms with E-state index in [0.717, 1.165) is 28.0 Å². The molecule has 1 heterocycles. The number of rotatable bonds is 2. The van der Waals surface area contributed by atoms with Gasteiger partial charge >= 0.3 is 14.2 Å². The largest absolute Gasteiger partial charge is 0.549 e. The smallest absolute Gasteiger partial charge is 0.532 e. The second-order valence-corrected chi connectivity index (χ2v) is 6.57. The zero-order valence-corrected chi connectivity index (χ0v) is 15.8. The van der Waals surface area contributed by atoms with E-state index in [4.69, 9.17) is 13.9 Å². The molecule has 0 saturated carbocycles. The number of fused-ring (bicyclic) bond motifs is 1. The van der Waals surface area contributed by atoms with E-state index in [1.54, 1.807) is 0 Å². The van der Waals surface area contributed by atoms with E-state index in [2.05, 4.69) is 4.99 Å². The van der Waals surface area contributed by atoms with E-state index in [1.165, 1.54) is 0 Å². The fourth-order valence-corrected chi connectivity index (χ4v) is 3.16. The van der Waals surface area contributed by atoms with Crippen molar-refractivity contribution < 1.29 is 13.9 Å². The van der Waals surface area contributed by atoms with Gasteiger partial charge in [-0.05, 0) is 30.0 Å². The molecule has 0 atom stereocenters. The van der Waals surface area contributed by atoms with Crippen molar-refractivity contribution in [2.45, 2.75) is 6.92 Å². The maximum Gasteiger partial charge on any atom is 0.549 e. The highest BCUT2D eigenvalue weighted by molar-refractivity contribution is 6.74. The minimum absolute atomic E-state index is 0.459. The SMILES string of the molecule is CC1=NCCOB(c2ccccc2)OB(c2ccccc2)Oc2ccccc21. The monoisotopic (exact) mass is 369 g/mol. The lowest BCUT2D eigenvalue weighted by Crippen LogP contribution is -2.50. The highest BCUT2D eigenvalue weighted by atomic mass is 16.6.